The van der Waals surface area contributed by atoms with Gasteiger partial charge in [0.05, 0.1) is 21.6 Å². The fourth-order valence-corrected chi connectivity index (χ4v) is 6.85. The molecule has 40 heavy (non-hydrogen) atoms. The number of ether oxygens (including phenoxy) is 1. The van der Waals surface area contributed by atoms with Crippen LogP contribution in [0.5, 0.6) is 0 Å². The van der Waals surface area contributed by atoms with E-state index in [1.807, 2.05) is 54.6 Å². The van der Waals surface area contributed by atoms with Crippen molar-refractivity contribution in [2.24, 2.45) is 11.6 Å². The van der Waals surface area contributed by atoms with Gasteiger partial charge in [-0.25, -0.2) is 15.6 Å². The number of benzene rings is 2. The molecule has 1 amide bonds. The van der Waals surface area contributed by atoms with Gasteiger partial charge in [-0.05, 0) is 48.2 Å². The largest absolute Gasteiger partial charge is 0.480 e. The van der Waals surface area contributed by atoms with E-state index >= 15 is 0 Å². The molecule has 0 bridgehead atoms. The number of imidazole rings is 1. The Labute approximate surface area is 236 Å². The van der Waals surface area contributed by atoms with Crippen LogP contribution in [0.3, 0.4) is 0 Å². The number of hydrogen-bond acceptors (Lipinski definition) is 9. The zero-order chi connectivity index (χ0) is 28.0. The van der Waals surface area contributed by atoms with E-state index in [4.69, 9.17) is 16.3 Å². The molecule has 12 heteroatoms. The number of carbonyl (C=O) groups excluding carboxylic acids is 1. The summed E-state index contributed by atoms with van der Waals surface area (Å²) in [5.74, 6) is 5.91. The third-order valence-corrected chi connectivity index (χ3v) is 9.27. The summed E-state index contributed by atoms with van der Waals surface area (Å²) < 4.78 is 7.39. The van der Waals surface area contributed by atoms with E-state index in [-0.39, 0.29) is 12.4 Å². The van der Waals surface area contributed by atoms with Crippen molar-refractivity contribution in [2.45, 2.75) is 24.9 Å². The van der Waals surface area contributed by atoms with Crippen molar-refractivity contribution in [1.82, 2.24) is 20.3 Å². The van der Waals surface area contributed by atoms with Crippen molar-refractivity contribution in [3.8, 4) is 10.4 Å². The first-order valence-electron chi connectivity index (χ1n) is 12.5. The van der Waals surface area contributed by atoms with E-state index in [0.717, 1.165) is 41.3 Å². The van der Waals surface area contributed by atoms with Gasteiger partial charge in [0.15, 0.2) is 0 Å². The van der Waals surface area contributed by atoms with Gasteiger partial charge in [-0.2, -0.15) is 0 Å². The standard InChI is InChI=1S/C28H26N6O4S2/c1-34(30)24(33-27(37)38-14-15-5-3-2-4-6-15)23(29)22-13-21-20(40-22)12-19(39-21)16-7-8-17-18(11-16)32-25(31-17)28(9-10-28)26(35)36/h2-8,11-13H,9-10,14,29-30H2,1H3,(H,31,32)(H,33,37)(H,35,36)/b24-23-. The monoisotopic (exact) mass is 574 g/mol. The van der Waals surface area contributed by atoms with Crippen LogP contribution in [0, 0.1) is 0 Å². The van der Waals surface area contributed by atoms with Gasteiger partial charge >= 0.3 is 12.1 Å². The van der Waals surface area contributed by atoms with Crippen molar-refractivity contribution in [3.63, 3.8) is 0 Å². The number of carboxylic acids is 1. The van der Waals surface area contributed by atoms with Gasteiger partial charge in [-0.1, -0.05) is 36.4 Å². The fraction of sp³-hybridized carbons (Fsp3) is 0.179. The topological polar surface area (TPSA) is 160 Å². The lowest BCUT2D eigenvalue weighted by Gasteiger charge is -2.19. The summed E-state index contributed by atoms with van der Waals surface area (Å²) in [6.07, 6.45) is 0.540. The van der Waals surface area contributed by atoms with Gasteiger partial charge in [0.1, 0.15) is 23.7 Å². The van der Waals surface area contributed by atoms with Crippen LogP contribution in [-0.4, -0.2) is 39.2 Å². The van der Waals surface area contributed by atoms with E-state index in [0.29, 0.717) is 24.4 Å². The minimum absolute atomic E-state index is 0.123. The molecule has 1 saturated carbocycles. The highest BCUT2D eigenvalue weighted by molar-refractivity contribution is 7.30. The Kier molecular flexibility index (Phi) is 6.45. The van der Waals surface area contributed by atoms with Crippen molar-refractivity contribution in [2.75, 3.05) is 7.05 Å². The number of thiophene rings is 2. The predicted octanol–water partition coefficient (Wildman–Crippen LogP) is 4.94. The number of carbonyl (C=O) groups is 2. The van der Waals surface area contributed by atoms with E-state index < -0.39 is 17.5 Å². The molecule has 2 aromatic carbocycles. The lowest BCUT2D eigenvalue weighted by molar-refractivity contribution is -0.140. The third kappa shape index (κ3) is 4.76. The predicted molar refractivity (Wildman–Crippen MR) is 156 cm³/mol. The number of carboxylic acid groups (broad SMARTS) is 1. The Balaban J connectivity index is 1.22. The molecule has 3 heterocycles. The molecule has 1 aliphatic rings. The molecule has 0 atom stereocenters. The van der Waals surface area contributed by atoms with Crippen molar-refractivity contribution in [1.29, 1.82) is 0 Å². The number of aliphatic carboxylic acids is 1. The van der Waals surface area contributed by atoms with Crippen molar-refractivity contribution in [3.05, 3.63) is 82.7 Å². The van der Waals surface area contributed by atoms with Crippen LogP contribution in [0.4, 0.5) is 4.79 Å². The van der Waals surface area contributed by atoms with Gasteiger partial charge in [-0.3, -0.25) is 15.1 Å². The normalized spacial score (nSPS) is 14.7. The lowest BCUT2D eigenvalue weighted by atomic mass is 10.1. The first kappa shape index (κ1) is 25.9. The summed E-state index contributed by atoms with van der Waals surface area (Å²) in [5.41, 5.74) is 9.33. The van der Waals surface area contributed by atoms with Crippen molar-refractivity contribution >= 4 is 60.9 Å². The number of alkyl carbamates (subject to hydrolysis) is 1. The Morgan fingerprint density at radius 2 is 1.88 bits per heavy atom. The Bertz CT molecular complexity index is 1750. The van der Waals surface area contributed by atoms with E-state index in [1.165, 1.54) is 16.3 Å². The zero-order valence-corrected chi connectivity index (χ0v) is 23.1. The highest BCUT2D eigenvalue weighted by Gasteiger charge is 2.54. The number of amides is 1. The van der Waals surface area contributed by atoms with Crippen molar-refractivity contribution < 1.29 is 19.4 Å². The summed E-state index contributed by atoms with van der Waals surface area (Å²) in [6, 6.07) is 19.3. The second-order valence-corrected chi connectivity index (χ2v) is 11.9. The molecular weight excluding hydrogens is 548 g/mol. The summed E-state index contributed by atoms with van der Waals surface area (Å²) in [7, 11) is 1.59. The van der Waals surface area contributed by atoms with Gasteiger partial charge in [-0.15, -0.1) is 22.7 Å². The van der Waals surface area contributed by atoms with Crippen LogP contribution in [0.2, 0.25) is 0 Å². The SMILES string of the molecule is CN(N)/C(NC(=O)OCc1ccccc1)=C(\N)c1cc2sc(-c3ccc4nc(C5(C(=O)O)CC5)[nH]c4c3)cc2s1. The summed E-state index contributed by atoms with van der Waals surface area (Å²) in [5, 5.41) is 13.5. The average molecular weight is 575 g/mol. The molecule has 10 nitrogen and oxygen atoms in total. The van der Waals surface area contributed by atoms with Gasteiger partial charge in [0.25, 0.3) is 0 Å². The van der Waals surface area contributed by atoms with Crippen LogP contribution >= 0.6 is 22.7 Å². The third-order valence-electron chi connectivity index (χ3n) is 6.89. The van der Waals surface area contributed by atoms with Crippen LogP contribution in [0.25, 0.3) is 36.6 Å². The van der Waals surface area contributed by atoms with Gasteiger partial charge in [0.2, 0.25) is 0 Å². The second kappa shape index (κ2) is 9.97. The molecule has 3 aromatic heterocycles. The van der Waals surface area contributed by atoms with Gasteiger partial charge in [0, 0.05) is 21.3 Å². The maximum Gasteiger partial charge on any atom is 0.413 e. The Morgan fingerprint density at radius 1 is 1.12 bits per heavy atom. The molecule has 204 valence electrons. The number of nitrogens with one attached hydrogen (secondary N) is 2. The number of aromatic nitrogens is 2. The summed E-state index contributed by atoms with van der Waals surface area (Å²) in [4.78, 5) is 33.7. The minimum atomic E-state index is -0.876. The number of hydrazine groups is 1. The Hall–Kier alpha value is -4.39. The number of aromatic amines is 1. The smallest absolute Gasteiger partial charge is 0.413 e. The number of nitrogens with two attached hydrogens (primary N) is 2. The summed E-state index contributed by atoms with van der Waals surface area (Å²) in [6.45, 7) is 0.123. The zero-order valence-electron chi connectivity index (χ0n) is 21.4. The van der Waals surface area contributed by atoms with E-state index in [9.17, 15) is 14.7 Å². The number of rotatable bonds is 8. The van der Waals surface area contributed by atoms with Crippen LogP contribution < -0.4 is 16.9 Å². The van der Waals surface area contributed by atoms with Crippen LogP contribution in [0.1, 0.15) is 29.1 Å². The molecule has 6 rings (SSSR count). The average Bonchev–Trinajstić information content (AvgIpc) is 3.27. The highest BCUT2D eigenvalue weighted by atomic mass is 32.1. The number of H-pyrrole nitrogens is 1. The van der Waals surface area contributed by atoms with E-state index in [2.05, 4.69) is 21.4 Å². The molecule has 0 saturated heterocycles. The second-order valence-electron chi connectivity index (χ2n) is 9.71. The van der Waals surface area contributed by atoms with Crippen LogP contribution in [0.15, 0.2) is 66.5 Å². The quantitative estimate of drug-likeness (QED) is 0.129. The fourth-order valence-electron chi connectivity index (χ4n) is 4.50. The highest BCUT2D eigenvalue weighted by Crippen LogP contribution is 2.48. The number of fused-ring (bicyclic) bond motifs is 2. The minimum Gasteiger partial charge on any atom is -0.480 e. The molecule has 1 fully saturated rings. The summed E-state index contributed by atoms with van der Waals surface area (Å²) >= 11 is 3.11. The first-order chi connectivity index (χ1) is 19.2. The lowest BCUT2D eigenvalue weighted by Crippen LogP contribution is -2.39. The molecular formula is C28H26N6O4S2. The molecule has 1 aliphatic carbocycles. The number of hydrogen-bond donors (Lipinski definition) is 5. The van der Waals surface area contributed by atoms with Crippen LogP contribution in [-0.2, 0) is 21.6 Å². The molecule has 7 N–H and O–H groups in total. The Morgan fingerprint density at radius 3 is 2.55 bits per heavy atom. The maximum absolute atomic E-state index is 12.4. The number of nitrogens with zero attached hydrogens (tertiary/aromatic N) is 2. The maximum atomic E-state index is 12.4. The molecule has 5 aromatic rings. The van der Waals surface area contributed by atoms with E-state index in [1.54, 1.807) is 18.4 Å². The molecule has 0 spiro atoms. The first-order valence-corrected chi connectivity index (χ1v) is 14.1. The van der Waals surface area contributed by atoms with Gasteiger partial charge < -0.3 is 20.6 Å². The molecule has 0 unspecified atom stereocenters. The molecule has 0 aliphatic heterocycles. The molecule has 0 radical (unpaired) electrons.